The Kier molecular flexibility index (Phi) is 4.36. The van der Waals surface area contributed by atoms with Gasteiger partial charge in [-0.1, -0.05) is 18.2 Å². The third-order valence-corrected chi connectivity index (χ3v) is 3.58. The summed E-state index contributed by atoms with van der Waals surface area (Å²) < 4.78 is 0. The van der Waals surface area contributed by atoms with Crippen molar-refractivity contribution in [3.63, 3.8) is 0 Å². The molecule has 0 spiro atoms. The summed E-state index contributed by atoms with van der Waals surface area (Å²) in [6.07, 6.45) is 0.738. The third kappa shape index (κ3) is 3.34. The fourth-order valence-electron chi connectivity index (χ4n) is 2.62. The Labute approximate surface area is 117 Å². The van der Waals surface area contributed by atoms with E-state index in [1.54, 1.807) is 29.7 Å². The number of benzene rings is 1. The highest BCUT2D eigenvalue weighted by Gasteiger charge is 2.40. The number of amides is 2. The summed E-state index contributed by atoms with van der Waals surface area (Å²) in [4.78, 5) is 25.8. The molecule has 1 aliphatic heterocycles. The zero-order valence-electron chi connectivity index (χ0n) is 11.4. The summed E-state index contributed by atoms with van der Waals surface area (Å²) in [5, 5.41) is 11.7. The Morgan fingerprint density at radius 1 is 1.35 bits per heavy atom. The maximum Gasteiger partial charge on any atom is 0.251 e. The predicted molar refractivity (Wildman–Crippen MR) is 73.3 cm³/mol. The van der Waals surface area contributed by atoms with E-state index in [1.165, 1.54) is 0 Å². The van der Waals surface area contributed by atoms with Gasteiger partial charge in [0.1, 0.15) is 0 Å². The maximum atomic E-state index is 12.3. The molecule has 1 aliphatic rings. The molecule has 3 N–H and O–H groups in total. The van der Waals surface area contributed by atoms with Crippen LogP contribution in [0.1, 0.15) is 23.2 Å². The van der Waals surface area contributed by atoms with Gasteiger partial charge in [-0.25, -0.2) is 5.48 Å². The Morgan fingerprint density at radius 3 is 2.60 bits per heavy atom. The minimum absolute atomic E-state index is 0.0619. The number of nitrogens with zero attached hydrogens (tertiary/aromatic N) is 1. The second kappa shape index (κ2) is 6.02. The molecule has 1 fully saturated rings. The lowest BCUT2D eigenvalue weighted by molar-refractivity contribution is -0.130. The van der Waals surface area contributed by atoms with Gasteiger partial charge in [-0.3, -0.25) is 14.8 Å². The van der Waals surface area contributed by atoms with Crippen LogP contribution in [0.5, 0.6) is 0 Å². The highest BCUT2D eigenvalue weighted by molar-refractivity contribution is 5.95. The molecule has 1 aromatic rings. The van der Waals surface area contributed by atoms with Crippen LogP contribution in [-0.4, -0.2) is 47.6 Å². The Bertz CT molecular complexity index is 492. The van der Waals surface area contributed by atoms with Crippen molar-refractivity contribution in [2.75, 3.05) is 20.1 Å². The van der Waals surface area contributed by atoms with Crippen LogP contribution >= 0.6 is 0 Å². The van der Waals surface area contributed by atoms with Crippen molar-refractivity contribution < 1.29 is 14.8 Å². The minimum Gasteiger partial charge on any atom is -0.345 e. The molecule has 0 bridgehead atoms. The second-order valence-corrected chi connectivity index (χ2v) is 5.30. The van der Waals surface area contributed by atoms with Gasteiger partial charge in [-0.05, 0) is 25.6 Å². The van der Waals surface area contributed by atoms with Crippen molar-refractivity contribution in [2.45, 2.75) is 18.4 Å². The quantitative estimate of drug-likeness (QED) is 0.549. The van der Waals surface area contributed by atoms with Crippen LogP contribution in [0, 0.1) is 0 Å². The number of rotatable bonds is 4. The number of carbonyl (C=O) groups excluding carboxylic acids is 2. The van der Waals surface area contributed by atoms with E-state index >= 15 is 0 Å². The number of likely N-dealkylation sites (N-methyl/N-ethyl adjacent to an activating group) is 1. The Balaban J connectivity index is 2.12. The highest BCUT2D eigenvalue weighted by atomic mass is 16.5. The average Bonchev–Trinajstić information content (AvgIpc) is 2.80. The zero-order chi connectivity index (χ0) is 14.6. The molecule has 0 aromatic heterocycles. The molecule has 1 saturated heterocycles. The van der Waals surface area contributed by atoms with E-state index in [0.29, 0.717) is 18.5 Å². The Morgan fingerprint density at radius 2 is 2.05 bits per heavy atom. The number of carbonyl (C=O) groups is 2. The van der Waals surface area contributed by atoms with E-state index in [1.807, 2.05) is 13.1 Å². The van der Waals surface area contributed by atoms with Gasteiger partial charge >= 0.3 is 0 Å². The first-order valence-electron chi connectivity index (χ1n) is 6.54. The van der Waals surface area contributed by atoms with Crippen molar-refractivity contribution in [1.29, 1.82) is 0 Å². The van der Waals surface area contributed by atoms with Crippen molar-refractivity contribution in [2.24, 2.45) is 0 Å². The van der Waals surface area contributed by atoms with Crippen LogP contribution in [-0.2, 0) is 4.79 Å². The SMILES string of the molecule is CN1CCC(CC(=O)NO)(NC(=O)c2ccccc2)C1. The molecule has 108 valence electrons. The van der Waals surface area contributed by atoms with Crippen LogP contribution in [0.15, 0.2) is 30.3 Å². The van der Waals surface area contributed by atoms with E-state index in [0.717, 1.165) is 6.54 Å². The largest absolute Gasteiger partial charge is 0.345 e. The predicted octanol–water partition coefficient (Wildman–Crippen LogP) is 0.386. The van der Waals surface area contributed by atoms with Gasteiger partial charge in [-0.2, -0.15) is 0 Å². The molecule has 0 saturated carbocycles. The minimum atomic E-state index is -0.630. The van der Waals surface area contributed by atoms with Gasteiger partial charge in [0.15, 0.2) is 0 Å². The van der Waals surface area contributed by atoms with Gasteiger partial charge in [-0.15, -0.1) is 0 Å². The lowest BCUT2D eigenvalue weighted by atomic mass is 9.93. The van der Waals surface area contributed by atoms with Gasteiger partial charge < -0.3 is 10.2 Å². The van der Waals surface area contributed by atoms with Crippen molar-refractivity contribution in [3.05, 3.63) is 35.9 Å². The molecule has 2 amide bonds. The molecule has 1 aromatic carbocycles. The van der Waals surface area contributed by atoms with Crippen molar-refractivity contribution in [1.82, 2.24) is 15.7 Å². The molecule has 1 unspecified atom stereocenters. The summed E-state index contributed by atoms with van der Waals surface area (Å²) in [5.74, 6) is -0.694. The van der Waals surface area contributed by atoms with E-state index in [9.17, 15) is 9.59 Å². The molecule has 6 heteroatoms. The molecular weight excluding hydrogens is 258 g/mol. The van der Waals surface area contributed by atoms with Crippen LogP contribution in [0.4, 0.5) is 0 Å². The first kappa shape index (κ1) is 14.5. The van der Waals surface area contributed by atoms with Crippen LogP contribution in [0.25, 0.3) is 0 Å². The summed E-state index contributed by atoms with van der Waals surface area (Å²) in [6.45, 7) is 1.38. The standard InChI is InChI=1S/C14H19N3O3/c1-17-8-7-14(10-17,9-12(18)16-20)15-13(19)11-5-3-2-4-6-11/h2-6,20H,7-10H2,1H3,(H,15,19)(H,16,18). The summed E-state index contributed by atoms with van der Waals surface area (Å²) in [5.41, 5.74) is 1.57. The fourth-order valence-corrected chi connectivity index (χ4v) is 2.62. The van der Waals surface area contributed by atoms with Crippen LogP contribution < -0.4 is 10.8 Å². The Hall–Kier alpha value is -1.92. The van der Waals surface area contributed by atoms with Crippen molar-refractivity contribution in [3.8, 4) is 0 Å². The molecular formula is C14H19N3O3. The van der Waals surface area contributed by atoms with Crippen molar-refractivity contribution >= 4 is 11.8 Å². The van der Waals surface area contributed by atoms with Gasteiger partial charge in [0.25, 0.3) is 5.91 Å². The third-order valence-electron chi connectivity index (χ3n) is 3.58. The van der Waals surface area contributed by atoms with E-state index in [2.05, 4.69) is 10.2 Å². The monoisotopic (exact) mass is 277 g/mol. The topological polar surface area (TPSA) is 81.7 Å². The number of hydrogen-bond acceptors (Lipinski definition) is 4. The highest BCUT2D eigenvalue weighted by Crippen LogP contribution is 2.24. The van der Waals surface area contributed by atoms with Gasteiger partial charge in [0, 0.05) is 18.7 Å². The average molecular weight is 277 g/mol. The summed E-state index contributed by atoms with van der Waals surface area (Å²) >= 11 is 0. The molecule has 20 heavy (non-hydrogen) atoms. The molecule has 6 nitrogen and oxygen atoms in total. The molecule has 2 rings (SSSR count). The van der Waals surface area contributed by atoms with E-state index < -0.39 is 11.4 Å². The fraction of sp³-hybridized carbons (Fsp3) is 0.429. The normalized spacial score (nSPS) is 22.5. The smallest absolute Gasteiger partial charge is 0.251 e. The van der Waals surface area contributed by atoms with Crippen LogP contribution in [0.3, 0.4) is 0 Å². The maximum absolute atomic E-state index is 12.3. The first-order valence-corrected chi connectivity index (χ1v) is 6.54. The summed E-state index contributed by atoms with van der Waals surface area (Å²) in [7, 11) is 1.94. The second-order valence-electron chi connectivity index (χ2n) is 5.30. The first-order chi connectivity index (χ1) is 9.54. The number of hydrogen-bond donors (Lipinski definition) is 3. The van der Waals surface area contributed by atoms with Gasteiger partial charge in [0.05, 0.1) is 12.0 Å². The molecule has 1 heterocycles. The van der Waals surface area contributed by atoms with Crippen LogP contribution in [0.2, 0.25) is 0 Å². The molecule has 1 atom stereocenters. The van der Waals surface area contributed by atoms with E-state index in [-0.39, 0.29) is 12.3 Å². The van der Waals surface area contributed by atoms with Gasteiger partial charge in [0.2, 0.25) is 5.91 Å². The lowest BCUT2D eigenvalue weighted by Gasteiger charge is -2.29. The molecule has 0 radical (unpaired) electrons. The lowest BCUT2D eigenvalue weighted by Crippen LogP contribution is -2.52. The summed E-state index contributed by atoms with van der Waals surface area (Å²) in [6, 6.07) is 8.89. The zero-order valence-corrected chi connectivity index (χ0v) is 11.4. The molecule has 0 aliphatic carbocycles. The number of nitrogens with one attached hydrogen (secondary N) is 2. The number of hydroxylamine groups is 1. The number of likely N-dealkylation sites (tertiary alicyclic amines) is 1. The van der Waals surface area contributed by atoms with E-state index in [4.69, 9.17) is 5.21 Å².